The molecular weight excluding hydrogens is 350 g/mol. The van der Waals surface area contributed by atoms with Crippen LogP contribution in [0.1, 0.15) is 35.8 Å². The highest BCUT2D eigenvalue weighted by Gasteiger charge is 2.24. The van der Waals surface area contributed by atoms with E-state index in [2.05, 4.69) is 10.3 Å². The number of benzene rings is 1. The molecule has 0 unspecified atom stereocenters. The molecule has 1 N–H and O–H groups in total. The van der Waals surface area contributed by atoms with Crippen LogP contribution in [0.3, 0.4) is 0 Å². The Hall–Kier alpha value is -2.54. The summed E-state index contributed by atoms with van der Waals surface area (Å²) < 4.78 is 4.98. The van der Waals surface area contributed by atoms with Crippen LogP contribution in [0, 0.1) is 0 Å². The Labute approximate surface area is 156 Å². The van der Waals surface area contributed by atoms with Gasteiger partial charge in [-0.25, -0.2) is 9.78 Å². The van der Waals surface area contributed by atoms with Crippen molar-refractivity contribution in [1.29, 1.82) is 0 Å². The first-order valence-corrected chi connectivity index (χ1v) is 9.51. The number of hydrogen-bond acceptors (Lipinski definition) is 5. The first kappa shape index (κ1) is 18.3. The maximum absolute atomic E-state index is 12.5. The molecule has 1 aromatic carbocycles. The maximum atomic E-state index is 12.5. The number of nitrogens with zero attached hydrogens (tertiary/aromatic N) is 2. The molecule has 1 saturated heterocycles. The average Bonchev–Trinajstić information content (AvgIpc) is 3.08. The summed E-state index contributed by atoms with van der Waals surface area (Å²) in [7, 11) is 0. The second kappa shape index (κ2) is 8.23. The fourth-order valence-electron chi connectivity index (χ4n) is 2.73. The van der Waals surface area contributed by atoms with E-state index in [-0.39, 0.29) is 18.0 Å². The maximum Gasteiger partial charge on any atom is 0.414 e. The minimum absolute atomic E-state index is 0.149. The molecule has 0 bridgehead atoms. The fourth-order valence-corrected chi connectivity index (χ4v) is 3.37. The van der Waals surface area contributed by atoms with Crippen LogP contribution in [-0.2, 0) is 4.74 Å². The van der Waals surface area contributed by atoms with Crippen LogP contribution in [0.25, 0.3) is 0 Å². The molecule has 1 atom stereocenters. The lowest BCUT2D eigenvalue weighted by atomic mass is 10.1. The van der Waals surface area contributed by atoms with Crippen molar-refractivity contribution in [2.75, 3.05) is 23.8 Å². The molecule has 1 aliphatic heterocycles. The lowest BCUT2D eigenvalue weighted by Crippen LogP contribution is -2.27. The number of carbonyl (C=O) groups is 2. The molecule has 7 heteroatoms. The highest BCUT2D eigenvalue weighted by molar-refractivity contribution is 7.99. The number of ether oxygens (including phenoxy) is 1. The van der Waals surface area contributed by atoms with Crippen LogP contribution < -0.4 is 10.2 Å². The molecule has 26 heavy (non-hydrogen) atoms. The van der Waals surface area contributed by atoms with Crippen LogP contribution >= 0.6 is 11.8 Å². The van der Waals surface area contributed by atoms with Crippen molar-refractivity contribution in [3.8, 4) is 0 Å². The van der Waals surface area contributed by atoms with Crippen molar-refractivity contribution in [3.05, 3.63) is 53.7 Å². The quantitative estimate of drug-likeness (QED) is 0.785. The van der Waals surface area contributed by atoms with Gasteiger partial charge in [-0.1, -0.05) is 19.1 Å². The van der Waals surface area contributed by atoms with Gasteiger partial charge in [-0.2, -0.15) is 0 Å². The molecule has 2 amide bonds. The number of aromatic nitrogens is 1. The first-order valence-electron chi connectivity index (χ1n) is 8.52. The third-order valence-electron chi connectivity index (χ3n) is 4.08. The SMILES string of the molecule is CCSc1cc(C(=O)N[C@H](C)c2cccc(N3CCOC3=O)c2)ccn1. The van der Waals surface area contributed by atoms with Gasteiger partial charge in [0.15, 0.2) is 0 Å². The van der Waals surface area contributed by atoms with Crippen molar-refractivity contribution in [3.63, 3.8) is 0 Å². The van der Waals surface area contributed by atoms with Gasteiger partial charge >= 0.3 is 6.09 Å². The van der Waals surface area contributed by atoms with Crippen LogP contribution in [0.15, 0.2) is 47.6 Å². The van der Waals surface area contributed by atoms with Gasteiger partial charge in [-0.15, -0.1) is 11.8 Å². The number of carbonyl (C=O) groups excluding carboxylic acids is 2. The van der Waals surface area contributed by atoms with E-state index >= 15 is 0 Å². The number of amides is 2. The summed E-state index contributed by atoms with van der Waals surface area (Å²) in [6.45, 7) is 4.90. The van der Waals surface area contributed by atoms with Gasteiger partial charge in [-0.3, -0.25) is 9.69 Å². The van der Waals surface area contributed by atoms with Gasteiger partial charge in [0.1, 0.15) is 6.61 Å². The summed E-state index contributed by atoms with van der Waals surface area (Å²) in [6, 6.07) is 10.9. The van der Waals surface area contributed by atoms with Crippen LogP contribution in [0.2, 0.25) is 0 Å². The number of pyridine rings is 1. The molecule has 1 fully saturated rings. The molecule has 0 spiro atoms. The summed E-state index contributed by atoms with van der Waals surface area (Å²) in [5.41, 5.74) is 2.28. The lowest BCUT2D eigenvalue weighted by Gasteiger charge is -2.18. The Balaban J connectivity index is 1.71. The zero-order valence-electron chi connectivity index (χ0n) is 14.8. The smallest absolute Gasteiger partial charge is 0.414 e. The highest BCUT2D eigenvalue weighted by Crippen LogP contribution is 2.23. The molecule has 3 rings (SSSR count). The Morgan fingerprint density at radius 3 is 2.96 bits per heavy atom. The zero-order chi connectivity index (χ0) is 18.5. The molecule has 0 saturated carbocycles. The van der Waals surface area contributed by atoms with Gasteiger partial charge in [-0.05, 0) is 42.5 Å². The molecule has 2 aromatic rings. The minimum Gasteiger partial charge on any atom is -0.447 e. The van der Waals surface area contributed by atoms with E-state index in [0.717, 1.165) is 22.0 Å². The summed E-state index contributed by atoms with van der Waals surface area (Å²) >= 11 is 1.60. The van der Waals surface area contributed by atoms with Crippen molar-refractivity contribution >= 4 is 29.4 Å². The van der Waals surface area contributed by atoms with Gasteiger partial charge in [0.25, 0.3) is 5.91 Å². The number of hydrogen-bond donors (Lipinski definition) is 1. The summed E-state index contributed by atoms with van der Waals surface area (Å²) in [5, 5.41) is 3.84. The number of anilines is 1. The van der Waals surface area contributed by atoms with Crippen molar-refractivity contribution in [2.45, 2.75) is 24.9 Å². The predicted molar refractivity (Wildman–Crippen MR) is 102 cm³/mol. The largest absolute Gasteiger partial charge is 0.447 e. The molecule has 136 valence electrons. The van der Waals surface area contributed by atoms with Gasteiger partial charge in [0, 0.05) is 17.4 Å². The lowest BCUT2D eigenvalue weighted by molar-refractivity contribution is 0.0939. The topological polar surface area (TPSA) is 71.5 Å². The first-order chi connectivity index (χ1) is 12.6. The number of thioether (sulfide) groups is 1. The van der Waals surface area contributed by atoms with Crippen LogP contribution in [0.5, 0.6) is 0 Å². The van der Waals surface area contributed by atoms with Crippen molar-refractivity contribution < 1.29 is 14.3 Å². The Bertz CT molecular complexity index is 812. The van der Waals surface area contributed by atoms with E-state index in [1.807, 2.05) is 38.1 Å². The van der Waals surface area contributed by atoms with E-state index < -0.39 is 0 Å². The number of cyclic esters (lactones) is 1. The van der Waals surface area contributed by atoms with E-state index in [9.17, 15) is 9.59 Å². The van der Waals surface area contributed by atoms with E-state index in [4.69, 9.17) is 4.74 Å². The van der Waals surface area contributed by atoms with Gasteiger partial charge < -0.3 is 10.1 Å². The summed E-state index contributed by atoms with van der Waals surface area (Å²) in [5.74, 6) is 0.754. The Morgan fingerprint density at radius 1 is 1.38 bits per heavy atom. The molecule has 0 aliphatic carbocycles. The summed E-state index contributed by atoms with van der Waals surface area (Å²) in [4.78, 5) is 30.1. The van der Waals surface area contributed by atoms with E-state index in [1.54, 1.807) is 35.0 Å². The standard InChI is InChI=1S/C19H21N3O3S/c1-3-26-17-12-15(7-8-20-17)18(23)21-13(2)14-5-4-6-16(11-14)22-9-10-25-19(22)24/h4-8,11-13H,3,9-10H2,1-2H3,(H,21,23)/t13-/m1/s1. The third kappa shape index (κ3) is 4.16. The molecular formula is C19H21N3O3S. The van der Waals surface area contributed by atoms with Gasteiger partial charge in [0.05, 0.1) is 17.6 Å². The minimum atomic E-state index is -0.337. The van der Waals surface area contributed by atoms with Gasteiger partial charge in [0.2, 0.25) is 0 Å². The van der Waals surface area contributed by atoms with Crippen molar-refractivity contribution in [2.24, 2.45) is 0 Å². The molecule has 1 aliphatic rings. The average molecular weight is 371 g/mol. The second-order valence-electron chi connectivity index (χ2n) is 5.87. The molecule has 2 heterocycles. The van der Waals surface area contributed by atoms with Crippen LogP contribution in [0.4, 0.5) is 10.5 Å². The van der Waals surface area contributed by atoms with E-state index in [0.29, 0.717) is 18.7 Å². The Kier molecular flexibility index (Phi) is 5.78. The molecule has 0 radical (unpaired) electrons. The zero-order valence-corrected chi connectivity index (χ0v) is 15.6. The normalized spacial score (nSPS) is 14.8. The van der Waals surface area contributed by atoms with Crippen LogP contribution in [-0.4, -0.2) is 35.9 Å². The Morgan fingerprint density at radius 2 is 2.23 bits per heavy atom. The fraction of sp³-hybridized carbons (Fsp3) is 0.316. The third-order valence-corrected chi connectivity index (χ3v) is 4.89. The van der Waals surface area contributed by atoms with E-state index in [1.165, 1.54) is 0 Å². The number of nitrogens with one attached hydrogen (secondary N) is 1. The monoisotopic (exact) mass is 371 g/mol. The predicted octanol–water partition coefficient (Wildman–Crippen LogP) is 3.64. The summed E-state index contributed by atoms with van der Waals surface area (Å²) in [6.07, 6.45) is 1.31. The molecule has 6 nitrogen and oxygen atoms in total. The highest BCUT2D eigenvalue weighted by atomic mass is 32.2. The van der Waals surface area contributed by atoms with Crippen molar-refractivity contribution in [1.82, 2.24) is 10.3 Å². The molecule has 1 aromatic heterocycles. The second-order valence-corrected chi connectivity index (χ2v) is 7.16. The number of rotatable bonds is 6.